The van der Waals surface area contributed by atoms with Gasteiger partial charge in [0.05, 0.1) is 0 Å². The van der Waals surface area contributed by atoms with E-state index in [0.29, 0.717) is 17.0 Å². The number of allylic oxidation sites excluding steroid dienone is 1. The van der Waals surface area contributed by atoms with Crippen molar-refractivity contribution in [1.82, 2.24) is 0 Å². The molecule has 0 bridgehead atoms. The number of hydrogen-bond acceptors (Lipinski definition) is 0. The van der Waals surface area contributed by atoms with Crippen LogP contribution in [0.15, 0.2) is 42.0 Å². The molecule has 2 aromatic rings. The molecule has 0 amide bonds. The molecule has 0 radical (unpaired) electrons. The Morgan fingerprint density at radius 1 is 0.824 bits per heavy atom. The van der Waals surface area contributed by atoms with Gasteiger partial charge in [-0.25, -0.2) is 0 Å². The van der Waals surface area contributed by atoms with Crippen LogP contribution in [-0.4, -0.2) is 0 Å². The van der Waals surface area contributed by atoms with Crippen molar-refractivity contribution in [3.63, 3.8) is 0 Å². The van der Waals surface area contributed by atoms with Gasteiger partial charge in [0.15, 0.2) is 0 Å². The second-order valence-electron chi connectivity index (χ2n) is 9.11. The van der Waals surface area contributed by atoms with Gasteiger partial charge >= 0.3 is 211 Å². The molecule has 0 aromatic heterocycles. The first-order valence-corrected chi connectivity index (χ1v) is 19.0. The van der Waals surface area contributed by atoms with Gasteiger partial charge in [0.25, 0.3) is 0 Å². The van der Waals surface area contributed by atoms with Crippen LogP contribution in [0.25, 0.3) is 17.2 Å². The van der Waals surface area contributed by atoms with Gasteiger partial charge < -0.3 is 0 Å². The molecule has 1 fully saturated rings. The number of hydrogen-bond donors (Lipinski definition) is 0. The van der Waals surface area contributed by atoms with E-state index in [1.807, 2.05) is 12.1 Å². The summed E-state index contributed by atoms with van der Waals surface area (Å²) in [5, 5.41) is 0. The summed E-state index contributed by atoms with van der Waals surface area (Å²) >= 11 is -2.90. The van der Waals surface area contributed by atoms with Gasteiger partial charge in [0, 0.05) is 0 Å². The van der Waals surface area contributed by atoms with E-state index in [1.165, 1.54) is 25.7 Å². The first-order valence-electron chi connectivity index (χ1n) is 11.3. The Labute approximate surface area is 210 Å². The van der Waals surface area contributed by atoms with Gasteiger partial charge in [-0.3, -0.25) is 0 Å². The quantitative estimate of drug-likeness (QED) is 0.242. The van der Waals surface area contributed by atoms with E-state index in [-0.39, 0.29) is 15.3 Å². The predicted octanol–water partition coefficient (Wildman–Crippen LogP) is 10.1. The monoisotopic (exact) mass is 597 g/mol. The molecule has 0 heterocycles. The molecule has 2 aliphatic carbocycles. The average Bonchev–Trinajstić information content (AvgIpc) is 2.92. The zero-order chi connectivity index (χ0) is 24.7. The summed E-state index contributed by atoms with van der Waals surface area (Å²) in [5.41, 5.74) is 0.133. The van der Waals surface area contributed by atoms with E-state index in [2.05, 4.69) is 0 Å². The molecule has 9 heteroatoms. The fourth-order valence-electron chi connectivity index (χ4n) is 5.16. The van der Waals surface area contributed by atoms with Crippen molar-refractivity contribution in [2.45, 2.75) is 60.9 Å². The molecule has 1 unspecified atom stereocenters. The molecule has 183 valence electrons. The first-order chi connectivity index (χ1) is 15.9. The van der Waals surface area contributed by atoms with Crippen molar-refractivity contribution in [2.24, 2.45) is 5.92 Å². The molecule has 1 saturated carbocycles. The number of fused-ring (bicyclic) bond motifs is 1. The molecule has 34 heavy (non-hydrogen) atoms. The summed E-state index contributed by atoms with van der Waals surface area (Å²) in [4.78, 5) is 0. The molecule has 2 aliphatic rings. The summed E-state index contributed by atoms with van der Waals surface area (Å²) in [7, 11) is 13.1. The van der Waals surface area contributed by atoms with Crippen LogP contribution < -0.4 is 0 Å². The number of alkyl halides is 6. The van der Waals surface area contributed by atoms with Gasteiger partial charge in [0.2, 0.25) is 0 Å². The summed E-state index contributed by atoms with van der Waals surface area (Å²) < 4.78 is 80.5. The van der Waals surface area contributed by atoms with Crippen molar-refractivity contribution in [2.75, 3.05) is 0 Å². The van der Waals surface area contributed by atoms with E-state index >= 15 is 0 Å². The molecule has 4 rings (SSSR count). The predicted molar refractivity (Wildman–Crippen MR) is 120 cm³/mol. The maximum absolute atomic E-state index is 13.4. The Hall–Kier alpha value is -0.777. The molecule has 0 N–H and O–H groups in total. The van der Waals surface area contributed by atoms with Crippen LogP contribution in [0.4, 0.5) is 26.3 Å². The number of rotatable bonds is 4. The molecule has 0 aliphatic heterocycles. The summed E-state index contributed by atoms with van der Waals surface area (Å²) in [6.07, 6.45) is -0.0690. The van der Waals surface area contributed by atoms with Gasteiger partial charge in [-0.2, -0.15) is 0 Å². The van der Waals surface area contributed by atoms with Crippen LogP contribution in [0, 0.1) is 5.92 Å². The Kier molecular flexibility index (Phi) is 7.97. The maximum atomic E-state index is 13.4. The molecular weight excluding hydrogens is 576 g/mol. The van der Waals surface area contributed by atoms with E-state index in [4.69, 9.17) is 17.0 Å². The minimum atomic E-state index is -4.90. The summed E-state index contributed by atoms with van der Waals surface area (Å²) in [6, 6.07) is 6.82. The molecule has 0 spiro atoms. The van der Waals surface area contributed by atoms with E-state index in [1.54, 1.807) is 12.1 Å². The minimum absolute atomic E-state index is 0.112. The van der Waals surface area contributed by atoms with Crippen molar-refractivity contribution < 1.29 is 45.7 Å². The number of benzene rings is 2. The zero-order valence-electron chi connectivity index (χ0n) is 18.2. The van der Waals surface area contributed by atoms with Crippen LogP contribution in [0.3, 0.4) is 0 Å². The van der Waals surface area contributed by atoms with Crippen molar-refractivity contribution in [3.05, 3.63) is 64.2 Å². The van der Waals surface area contributed by atoms with Gasteiger partial charge in [0.1, 0.15) is 0 Å². The van der Waals surface area contributed by atoms with Crippen LogP contribution in [0.5, 0.6) is 0 Å². The van der Waals surface area contributed by atoms with Gasteiger partial charge in [-0.15, -0.1) is 0 Å². The second kappa shape index (κ2) is 10.3. The van der Waals surface area contributed by atoms with Crippen molar-refractivity contribution in [3.8, 4) is 11.1 Å². The zero-order valence-corrected chi connectivity index (χ0v) is 22.1. The van der Waals surface area contributed by atoms with Crippen LogP contribution in [0.2, 0.25) is 0 Å². The molecule has 0 saturated heterocycles. The van der Waals surface area contributed by atoms with E-state index in [0.717, 1.165) is 42.5 Å². The SMILES string of the molecule is FC(F)(F)c1cc(-c2cccc3c2C=C(CC2CCCCCC2)[CH]3[Zr]([Cl])[Cl])cc(C(F)(F)F)c1. The molecule has 0 nitrogen and oxygen atoms in total. The summed E-state index contributed by atoms with van der Waals surface area (Å²) in [6.45, 7) is 0. The van der Waals surface area contributed by atoms with E-state index in [9.17, 15) is 26.3 Å². The fraction of sp³-hybridized carbons (Fsp3) is 0.440. The van der Waals surface area contributed by atoms with E-state index < -0.39 is 42.8 Å². The Morgan fingerprint density at radius 2 is 1.41 bits per heavy atom. The normalized spacial score (nSPS) is 19.5. The topological polar surface area (TPSA) is 0 Å². The molecular formula is C25H23Cl2F6Zr. The average molecular weight is 600 g/mol. The third-order valence-corrected chi connectivity index (χ3v) is 12.1. The van der Waals surface area contributed by atoms with Crippen LogP contribution >= 0.6 is 17.0 Å². The van der Waals surface area contributed by atoms with Gasteiger partial charge in [-0.1, -0.05) is 0 Å². The Morgan fingerprint density at radius 3 is 1.94 bits per heavy atom. The fourth-order valence-corrected chi connectivity index (χ4v) is 10.6. The third-order valence-electron chi connectivity index (χ3n) is 6.77. The third kappa shape index (κ3) is 5.78. The van der Waals surface area contributed by atoms with Crippen molar-refractivity contribution in [1.29, 1.82) is 0 Å². The number of halogens is 8. The molecule has 2 aromatic carbocycles. The molecule has 1 atom stereocenters. The van der Waals surface area contributed by atoms with Crippen molar-refractivity contribution >= 4 is 23.1 Å². The Balaban J connectivity index is 1.81. The van der Waals surface area contributed by atoms with Crippen LogP contribution in [-0.2, 0) is 31.7 Å². The van der Waals surface area contributed by atoms with Gasteiger partial charge in [-0.05, 0) is 0 Å². The van der Waals surface area contributed by atoms with Crippen LogP contribution in [0.1, 0.15) is 70.8 Å². The standard InChI is InChI=1S/C25H23F6.2ClH.Zr/c26-24(27,28)20-13-19(14-21(15-20)25(29,30)31)22-9-5-8-18-11-17(12-23(18)22)10-16-6-3-1-2-4-7-16;;;/h5,8-9,11-16H,1-4,6-7,10H2;2*1H;/q;;;+2/p-2. The second-order valence-corrected chi connectivity index (χ2v) is 17.9. The summed E-state index contributed by atoms with van der Waals surface area (Å²) in [5.74, 6) is 0.496. The Bertz CT molecular complexity index is 1030. The first kappa shape index (κ1) is 26.3.